The zero-order chi connectivity index (χ0) is 55.0. The Balaban J connectivity index is 3.39. The van der Waals surface area contributed by atoms with E-state index in [1.54, 1.807) is 6.08 Å². The lowest BCUT2D eigenvalue weighted by Gasteiger charge is -2.20. The van der Waals surface area contributed by atoms with Gasteiger partial charge in [-0.05, 0) is 83.5 Å². The molecule has 0 radical (unpaired) electrons. The zero-order valence-corrected chi connectivity index (χ0v) is 51.3. The summed E-state index contributed by atoms with van der Waals surface area (Å²) in [5, 5.41) is 23.1. The van der Waals surface area contributed by atoms with Gasteiger partial charge in [0.1, 0.15) is 0 Å². The van der Waals surface area contributed by atoms with Gasteiger partial charge in [-0.1, -0.05) is 314 Å². The molecule has 448 valence electrons. The summed E-state index contributed by atoms with van der Waals surface area (Å²) in [7, 11) is 0. The summed E-state index contributed by atoms with van der Waals surface area (Å²) in [6.07, 6.45) is 83.5. The first-order valence-electron chi connectivity index (χ1n) is 34.3. The monoisotopic (exact) mass is 1070 g/mol. The first kappa shape index (κ1) is 74.1. The Morgan fingerprint density at radius 1 is 0.355 bits per heavy atom. The predicted octanol–water partition coefficient (Wildman–Crippen LogP) is 21.9. The van der Waals surface area contributed by atoms with E-state index >= 15 is 0 Å². The summed E-state index contributed by atoms with van der Waals surface area (Å²) < 4.78 is 5.51. The van der Waals surface area contributed by atoms with E-state index in [1.807, 2.05) is 6.08 Å². The minimum Gasteiger partial charge on any atom is -0.466 e. The molecule has 0 rings (SSSR count). The molecule has 0 aliphatic carbocycles. The Morgan fingerprint density at radius 2 is 0.618 bits per heavy atom. The Kier molecular flexibility index (Phi) is 63.9. The number of carbonyl (C=O) groups is 2. The number of aliphatic hydroxyl groups is 2. The van der Waals surface area contributed by atoms with Crippen LogP contribution in [0.25, 0.3) is 0 Å². The Labute approximate surface area is 474 Å². The summed E-state index contributed by atoms with van der Waals surface area (Å²) in [5.74, 6) is -0.0564. The molecule has 0 aliphatic rings. The van der Waals surface area contributed by atoms with Crippen LogP contribution in [0.5, 0.6) is 0 Å². The molecule has 2 atom stereocenters. The highest BCUT2D eigenvalue weighted by molar-refractivity contribution is 5.76. The number of hydrogen-bond acceptors (Lipinski definition) is 5. The summed E-state index contributed by atoms with van der Waals surface area (Å²) in [6, 6.07) is -0.630. The second kappa shape index (κ2) is 65.6. The van der Waals surface area contributed by atoms with E-state index in [2.05, 4.69) is 43.5 Å². The van der Waals surface area contributed by atoms with E-state index in [0.29, 0.717) is 19.4 Å². The fraction of sp³-hybridized carbons (Fsp3) is 0.886. The lowest BCUT2D eigenvalue weighted by atomic mass is 10.0. The van der Waals surface area contributed by atoms with Crippen LogP contribution in [0.4, 0.5) is 0 Å². The minimum atomic E-state index is -0.846. The van der Waals surface area contributed by atoms with Crippen LogP contribution in [0.2, 0.25) is 0 Å². The number of hydrogen-bond donors (Lipinski definition) is 3. The van der Waals surface area contributed by atoms with Gasteiger partial charge in [0.25, 0.3) is 0 Å². The second-order valence-electron chi connectivity index (χ2n) is 23.5. The molecule has 0 aliphatic heterocycles. The van der Waals surface area contributed by atoms with Crippen LogP contribution in [-0.4, -0.2) is 47.4 Å². The van der Waals surface area contributed by atoms with Crippen LogP contribution in [0.1, 0.15) is 373 Å². The Bertz CT molecular complexity index is 1230. The van der Waals surface area contributed by atoms with Gasteiger partial charge in [0.05, 0.1) is 25.4 Å². The van der Waals surface area contributed by atoms with Crippen molar-refractivity contribution in [2.75, 3.05) is 13.2 Å². The molecule has 0 spiro atoms. The van der Waals surface area contributed by atoms with Gasteiger partial charge in [0, 0.05) is 12.8 Å². The van der Waals surface area contributed by atoms with Gasteiger partial charge in [-0.2, -0.15) is 0 Å². The van der Waals surface area contributed by atoms with Gasteiger partial charge in [-0.3, -0.25) is 9.59 Å². The maximum Gasteiger partial charge on any atom is 0.305 e. The average molecular weight is 1070 g/mol. The van der Waals surface area contributed by atoms with Crippen molar-refractivity contribution in [2.24, 2.45) is 0 Å². The fourth-order valence-electron chi connectivity index (χ4n) is 10.6. The third-order valence-electron chi connectivity index (χ3n) is 15.9. The number of ether oxygens (including phenoxy) is 1. The minimum absolute atomic E-state index is 0.0129. The molecule has 2 unspecified atom stereocenters. The molecule has 6 heteroatoms. The van der Waals surface area contributed by atoms with Crippen LogP contribution in [0.15, 0.2) is 36.5 Å². The smallest absolute Gasteiger partial charge is 0.305 e. The quantitative estimate of drug-likeness (QED) is 0.0320. The molecule has 0 heterocycles. The molecule has 0 aromatic carbocycles. The molecule has 0 saturated carbocycles. The Hall–Kier alpha value is -1.92. The summed E-state index contributed by atoms with van der Waals surface area (Å²) >= 11 is 0. The first-order valence-corrected chi connectivity index (χ1v) is 34.3. The normalized spacial score (nSPS) is 12.7. The van der Waals surface area contributed by atoms with Crippen molar-refractivity contribution in [3.05, 3.63) is 36.5 Å². The van der Waals surface area contributed by atoms with Crippen molar-refractivity contribution in [1.29, 1.82) is 0 Å². The largest absolute Gasteiger partial charge is 0.466 e. The lowest BCUT2D eigenvalue weighted by molar-refractivity contribution is -0.143. The van der Waals surface area contributed by atoms with Crippen molar-refractivity contribution < 1.29 is 24.5 Å². The lowest BCUT2D eigenvalue weighted by Crippen LogP contribution is -2.45. The molecule has 1 amide bonds. The molecule has 3 N–H and O–H groups in total. The standard InChI is InChI=1S/C70H133NO5/c1-3-5-7-9-11-13-15-17-19-20-28-32-36-40-44-48-52-56-60-64-70(75)76-65-61-57-53-49-45-41-37-33-30-27-25-23-21-22-24-26-29-31-35-39-43-47-51-55-59-63-69(74)71-67(66-72)68(73)62-58-54-50-46-42-38-34-18-16-14-12-10-8-6-4-2/h17,19,22,24,58,62,67-68,72-73H,3-16,18,20-21,23,25-57,59-61,63-66H2,1-2H3,(H,71,74)/b19-17-,24-22-,62-58+. The molecule has 0 aromatic heterocycles. The zero-order valence-electron chi connectivity index (χ0n) is 51.3. The maximum atomic E-state index is 12.5. The van der Waals surface area contributed by atoms with E-state index in [4.69, 9.17) is 4.74 Å². The van der Waals surface area contributed by atoms with Crippen molar-refractivity contribution in [2.45, 2.75) is 386 Å². The van der Waals surface area contributed by atoms with E-state index in [1.165, 1.54) is 302 Å². The summed E-state index contributed by atoms with van der Waals surface area (Å²) in [5.41, 5.74) is 0. The van der Waals surface area contributed by atoms with Gasteiger partial charge in [-0.15, -0.1) is 0 Å². The third kappa shape index (κ3) is 61.3. The topological polar surface area (TPSA) is 95.9 Å². The van der Waals surface area contributed by atoms with Gasteiger partial charge in [0.2, 0.25) is 5.91 Å². The second-order valence-corrected chi connectivity index (χ2v) is 23.5. The van der Waals surface area contributed by atoms with Crippen LogP contribution in [0.3, 0.4) is 0 Å². The first-order chi connectivity index (χ1) is 37.5. The SMILES string of the molecule is CCCCCCCC/C=C\CCCCCCCCCCCC(=O)OCCCCCCCCCCCCCC/C=C\CCCCCCCCCCCC(=O)NC(CO)C(O)/C=C/CCCCCCCCCCCCCCC. The van der Waals surface area contributed by atoms with Crippen molar-refractivity contribution in [3.8, 4) is 0 Å². The highest BCUT2D eigenvalue weighted by Crippen LogP contribution is 2.18. The highest BCUT2D eigenvalue weighted by Gasteiger charge is 2.18. The maximum absolute atomic E-state index is 12.5. The molecule has 0 saturated heterocycles. The molecule has 76 heavy (non-hydrogen) atoms. The number of rotatable bonds is 64. The summed E-state index contributed by atoms with van der Waals surface area (Å²) in [6.45, 7) is 4.92. The van der Waals surface area contributed by atoms with Crippen LogP contribution < -0.4 is 5.32 Å². The molecular weight excluding hydrogens is 935 g/mol. The summed E-state index contributed by atoms with van der Waals surface area (Å²) in [4.78, 5) is 24.6. The molecular formula is C70H133NO5. The van der Waals surface area contributed by atoms with Crippen molar-refractivity contribution in [3.63, 3.8) is 0 Å². The Morgan fingerprint density at radius 3 is 0.934 bits per heavy atom. The number of allylic oxidation sites excluding steroid dienone is 5. The molecule has 0 fully saturated rings. The highest BCUT2D eigenvalue weighted by atomic mass is 16.5. The van der Waals surface area contributed by atoms with Crippen molar-refractivity contribution in [1.82, 2.24) is 5.32 Å². The van der Waals surface area contributed by atoms with E-state index in [0.717, 1.165) is 44.9 Å². The van der Waals surface area contributed by atoms with E-state index < -0.39 is 12.1 Å². The van der Waals surface area contributed by atoms with E-state index in [9.17, 15) is 19.8 Å². The van der Waals surface area contributed by atoms with Gasteiger partial charge >= 0.3 is 5.97 Å². The van der Waals surface area contributed by atoms with Crippen molar-refractivity contribution >= 4 is 11.9 Å². The molecule has 6 nitrogen and oxygen atoms in total. The van der Waals surface area contributed by atoms with Gasteiger partial charge < -0.3 is 20.3 Å². The third-order valence-corrected chi connectivity index (χ3v) is 15.9. The van der Waals surface area contributed by atoms with Gasteiger partial charge in [0.15, 0.2) is 0 Å². The molecule has 0 aromatic rings. The van der Waals surface area contributed by atoms with Crippen LogP contribution in [-0.2, 0) is 14.3 Å². The van der Waals surface area contributed by atoms with Crippen LogP contribution >= 0.6 is 0 Å². The fourth-order valence-corrected chi connectivity index (χ4v) is 10.6. The number of aliphatic hydroxyl groups excluding tert-OH is 2. The van der Waals surface area contributed by atoms with Crippen LogP contribution in [0, 0.1) is 0 Å². The number of carbonyl (C=O) groups excluding carboxylic acids is 2. The number of nitrogens with one attached hydrogen (secondary N) is 1. The average Bonchev–Trinajstić information content (AvgIpc) is 3.42. The van der Waals surface area contributed by atoms with Gasteiger partial charge in [-0.25, -0.2) is 0 Å². The van der Waals surface area contributed by atoms with E-state index in [-0.39, 0.29) is 18.5 Å². The number of esters is 1. The predicted molar refractivity (Wildman–Crippen MR) is 333 cm³/mol. The number of amides is 1. The molecule has 0 bridgehead atoms. The number of unbranched alkanes of at least 4 members (excludes halogenated alkanes) is 49.